The van der Waals surface area contributed by atoms with Gasteiger partial charge in [-0.1, -0.05) is 15.9 Å². The average Bonchev–Trinajstić information content (AvgIpc) is 2.14. The molecule has 5 heteroatoms. The second-order valence-electron chi connectivity index (χ2n) is 4.03. The molecule has 0 aliphatic carbocycles. The summed E-state index contributed by atoms with van der Waals surface area (Å²) in [6, 6.07) is 3.57. The van der Waals surface area contributed by atoms with E-state index in [2.05, 4.69) is 15.9 Å². The highest BCUT2D eigenvalue weighted by Crippen LogP contribution is 2.11. The fourth-order valence-electron chi connectivity index (χ4n) is 1.65. The van der Waals surface area contributed by atoms with Crippen molar-refractivity contribution in [2.45, 2.75) is 11.4 Å². The lowest BCUT2D eigenvalue weighted by Crippen LogP contribution is -2.28. The summed E-state index contributed by atoms with van der Waals surface area (Å²) in [7, 11) is 3.53. The van der Waals surface area contributed by atoms with Gasteiger partial charge in [0.1, 0.15) is 11.6 Å². The molecular weight excluding hydrogens is 292 g/mol. The zero-order chi connectivity index (χ0) is 12.8. The maximum Gasteiger partial charge on any atom is 0.126 e. The molecule has 1 unspecified atom stereocenters. The van der Waals surface area contributed by atoms with Crippen LogP contribution in [0.15, 0.2) is 18.2 Å². The first-order valence-electron chi connectivity index (χ1n) is 5.27. The number of benzene rings is 1. The maximum atomic E-state index is 13.0. The normalized spacial score (nSPS) is 13.1. The zero-order valence-corrected chi connectivity index (χ0v) is 11.5. The topological polar surface area (TPSA) is 12.5 Å². The van der Waals surface area contributed by atoms with Crippen molar-refractivity contribution in [3.05, 3.63) is 35.4 Å². The molecule has 17 heavy (non-hydrogen) atoms. The Balaban J connectivity index is 2.52. The van der Waals surface area contributed by atoms with Crippen LogP contribution in [-0.2, 0) is 11.3 Å². The summed E-state index contributed by atoms with van der Waals surface area (Å²) in [5, 5.41) is 0. The molecule has 0 radical (unpaired) electrons. The number of halogens is 3. The number of methoxy groups -OCH3 is 1. The van der Waals surface area contributed by atoms with Crippen molar-refractivity contribution in [1.29, 1.82) is 0 Å². The van der Waals surface area contributed by atoms with E-state index in [0.29, 0.717) is 18.7 Å². The van der Waals surface area contributed by atoms with Gasteiger partial charge in [-0.25, -0.2) is 8.78 Å². The van der Waals surface area contributed by atoms with E-state index in [9.17, 15) is 8.78 Å². The van der Waals surface area contributed by atoms with Crippen molar-refractivity contribution in [3.8, 4) is 0 Å². The molecule has 0 N–H and O–H groups in total. The molecule has 0 saturated carbocycles. The molecule has 2 nitrogen and oxygen atoms in total. The van der Waals surface area contributed by atoms with Crippen LogP contribution in [0.2, 0.25) is 0 Å². The van der Waals surface area contributed by atoms with E-state index in [1.807, 2.05) is 11.9 Å². The molecule has 0 heterocycles. The molecule has 0 amide bonds. The average molecular weight is 308 g/mol. The first-order chi connectivity index (χ1) is 8.01. The monoisotopic (exact) mass is 307 g/mol. The summed E-state index contributed by atoms with van der Waals surface area (Å²) in [5.74, 6) is -1.08. The molecule has 0 saturated heterocycles. The molecule has 1 aromatic rings. The van der Waals surface area contributed by atoms with Crippen LogP contribution >= 0.6 is 15.9 Å². The number of ether oxygens (including phenoxy) is 1. The molecule has 1 aromatic carbocycles. The predicted molar refractivity (Wildman–Crippen MR) is 67.3 cm³/mol. The molecular formula is C12H16BrF2NO. The molecule has 96 valence electrons. The van der Waals surface area contributed by atoms with Crippen molar-refractivity contribution in [2.24, 2.45) is 0 Å². The van der Waals surface area contributed by atoms with Gasteiger partial charge in [0.2, 0.25) is 0 Å². The minimum Gasteiger partial charge on any atom is -0.383 e. The summed E-state index contributed by atoms with van der Waals surface area (Å²) < 4.78 is 30.9. The van der Waals surface area contributed by atoms with Gasteiger partial charge in [-0.2, -0.15) is 0 Å². The summed E-state index contributed by atoms with van der Waals surface area (Å²) in [5.41, 5.74) is 0.627. The Bertz CT molecular complexity index is 342. The van der Waals surface area contributed by atoms with E-state index in [-0.39, 0.29) is 4.83 Å². The van der Waals surface area contributed by atoms with E-state index in [1.165, 1.54) is 12.1 Å². The van der Waals surface area contributed by atoms with E-state index in [0.717, 1.165) is 12.6 Å². The summed E-state index contributed by atoms with van der Waals surface area (Å²) in [6.45, 7) is 1.84. The highest BCUT2D eigenvalue weighted by atomic mass is 79.9. The number of hydrogen-bond donors (Lipinski definition) is 0. The van der Waals surface area contributed by atoms with Crippen molar-refractivity contribution in [2.75, 3.05) is 27.3 Å². The molecule has 0 bridgehead atoms. The van der Waals surface area contributed by atoms with Crippen molar-refractivity contribution < 1.29 is 13.5 Å². The van der Waals surface area contributed by atoms with Crippen molar-refractivity contribution >= 4 is 15.9 Å². The van der Waals surface area contributed by atoms with Crippen LogP contribution in [0, 0.1) is 11.6 Å². The quantitative estimate of drug-likeness (QED) is 0.749. The summed E-state index contributed by atoms with van der Waals surface area (Å²) in [6.07, 6.45) is 0. The minimum absolute atomic E-state index is 0.205. The summed E-state index contributed by atoms with van der Waals surface area (Å²) in [4.78, 5) is 2.18. The van der Waals surface area contributed by atoms with E-state index < -0.39 is 11.6 Å². The molecule has 0 spiro atoms. The Labute approximate surface area is 109 Å². The first kappa shape index (κ1) is 14.5. The number of alkyl halides is 1. The zero-order valence-electron chi connectivity index (χ0n) is 9.92. The summed E-state index contributed by atoms with van der Waals surface area (Å²) >= 11 is 3.47. The Hall–Kier alpha value is -0.520. The third kappa shape index (κ3) is 5.57. The largest absolute Gasteiger partial charge is 0.383 e. The second kappa shape index (κ2) is 7.03. The molecule has 1 rings (SSSR count). The third-order valence-electron chi connectivity index (χ3n) is 2.23. The van der Waals surface area contributed by atoms with Gasteiger partial charge in [0.25, 0.3) is 0 Å². The van der Waals surface area contributed by atoms with E-state index in [4.69, 9.17) is 4.74 Å². The van der Waals surface area contributed by atoms with Gasteiger partial charge in [0.05, 0.1) is 11.4 Å². The van der Waals surface area contributed by atoms with Crippen LogP contribution in [0.4, 0.5) is 8.78 Å². The van der Waals surface area contributed by atoms with Gasteiger partial charge in [0.15, 0.2) is 0 Å². The molecule has 0 aliphatic rings. The lowest BCUT2D eigenvalue weighted by molar-refractivity contribution is 0.185. The van der Waals surface area contributed by atoms with Crippen LogP contribution < -0.4 is 0 Å². The van der Waals surface area contributed by atoms with E-state index >= 15 is 0 Å². The Morgan fingerprint density at radius 3 is 2.41 bits per heavy atom. The van der Waals surface area contributed by atoms with Gasteiger partial charge >= 0.3 is 0 Å². The van der Waals surface area contributed by atoms with Crippen LogP contribution in [-0.4, -0.2) is 37.0 Å². The van der Waals surface area contributed by atoms with Crippen LogP contribution in [0.5, 0.6) is 0 Å². The number of rotatable bonds is 6. The highest BCUT2D eigenvalue weighted by molar-refractivity contribution is 9.09. The lowest BCUT2D eigenvalue weighted by Gasteiger charge is -2.20. The van der Waals surface area contributed by atoms with Crippen LogP contribution in [0.3, 0.4) is 0 Å². The molecule has 1 atom stereocenters. The highest BCUT2D eigenvalue weighted by Gasteiger charge is 2.09. The van der Waals surface area contributed by atoms with Gasteiger partial charge in [-0.05, 0) is 24.7 Å². The molecule has 0 aromatic heterocycles. The fourth-order valence-corrected chi connectivity index (χ4v) is 2.41. The molecule has 0 fully saturated rings. The minimum atomic E-state index is -0.541. The second-order valence-corrected chi connectivity index (χ2v) is 5.32. The smallest absolute Gasteiger partial charge is 0.126 e. The SMILES string of the molecule is COCC(Br)CN(C)Cc1cc(F)cc(F)c1. The van der Waals surface area contributed by atoms with Crippen molar-refractivity contribution in [1.82, 2.24) is 4.90 Å². The number of hydrogen-bond acceptors (Lipinski definition) is 2. The fraction of sp³-hybridized carbons (Fsp3) is 0.500. The number of nitrogens with zero attached hydrogens (tertiary/aromatic N) is 1. The Kier molecular flexibility index (Phi) is 6.02. The van der Waals surface area contributed by atoms with Gasteiger partial charge in [0, 0.05) is 26.3 Å². The lowest BCUT2D eigenvalue weighted by atomic mass is 10.2. The van der Waals surface area contributed by atoms with Crippen molar-refractivity contribution in [3.63, 3.8) is 0 Å². The Morgan fingerprint density at radius 1 is 1.29 bits per heavy atom. The van der Waals surface area contributed by atoms with Gasteiger partial charge in [-0.15, -0.1) is 0 Å². The van der Waals surface area contributed by atoms with E-state index in [1.54, 1.807) is 7.11 Å². The van der Waals surface area contributed by atoms with Gasteiger partial charge < -0.3 is 9.64 Å². The third-order valence-corrected chi connectivity index (χ3v) is 2.79. The Morgan fingerprint density at radius 2 is 1.88 bits per heavy atom. The molecule has 0 aliphatic heterocycles. The maximum absolute atomic E-state index is 13.0. The van der Waals surface area contributed by atoms with Crippen LogP contribution in [0.1, 0.15) is 5.56 Å². The standard InChI is InChI=1S/C12H16BrF2NO/c1-16(7-10(13)8-17-2)6-9-3-11(14)5-12(15)4-9/h3-5,10H,6-8H2,1-2H3. The predicted octanol–water partition coefficient (Wildman–Crippen LogP) is 2.81. The van der Waals surface area contributed by atoms with Gasteiger partial charge in [-0.3, -0.25) is 0 Å². The van der Waals surface area contributed by atoms with Crippen LogP contribution in [0.25, 0.3) is 0 Å². The first-order valence-corrected chi connectivity index (χ1v) is 6.19.